The number of likely N-dealkylation sites (N-methyl/N-ethyl adjacent to an activating group) is 1. The highest BCUT2D eigenvalue weighted by Gasteiger charge is 2.27. The lowest BCUT2D eigenvalue weighted by molar-refractivity contribution is 0.0703. The summed E-state index contributed by atoms with van der Waals surface area (Å²) in [5.41, 5.74) is 1.96. The Balaban J connectivity index is 1.67. The molecule has 0 saturated carbocycles. The Kier molecular flexibility index (Phi) is 5.97. The quantitative estimate of drug-likeness (QED) is 0.907. The highest BCUT2D eigenvalue weighted by atomic mass is 16.2. The third-order valence-corrected chi connectivity index (χ3v) is 5.33. The van der Waals surface area contributed by atoms with Crippen molar-refractivity contribution in [3.63, 3.8) is 0 Å². The summed E-state index contributed by atoms with van der Waals surface area (Å²) in [6.45, 7) is 10.1. The second-order valence-corrected chi connectivity index (χ2v) is 7.70. The van der Waals surface area contributed by atoms with Crippen LogP contribution in [0.4, 0.5) is 5.69 Å². The third kappa shape index (κ3) is 4.53. The predicted octanol–water partition coefficient (Wildman–Crippen LogP) is 2.04. The number of nitrogens with zero attached hydrogens (tertiary/aromatic N) is 3. The summed E-state index contributed by atoms with van der Waals surface area (Å²) in [6, 6.07) is 9.17. The number of anilines is 1. The Hall–Kier alpha value is -1.59. The molecule has 2 saturated heterocycles. The summed E-state index contributed by atoms with van der Waals surface area (Å²) in [6.07, 6.45) is 2.08. The van der Waals surface area contributed by atoms with E-state index < -0.39 is 0 Å². The van der Waals surface area contributed by atoms with E-state index in [0.29, 0.717) is 12.1 Å². The molecular weight excluding hydrogens is 312 g/mol. The predicted molar refractivity (Wildman–Crippen MR) is 103 cm³/mol. The molecule has 1 aromatic carbocycles. The minimum Gasteiger partial charge on any atom is -0.368 e. The van der Waals surface area contributed by atoms with Crippen molar-refractivity contribution < 1.29 is 4.79 Å². The van der Waals surface area contributed by atoms with Crippen LogP contribution < -0.4 is 10.2 Å². The molecule has 5 heteroatoms. The number of piperazine rings is 1. The topological polar surface area (TPSA) is 38.8 Å². The molecule has 3 rings (SSSR count). The molecule has 1 amide bonds. The largest absolute Gasteiger partial charge is 0.368 e. The maximum Gasteiger partial charge on any atom is 0.255 e. The molecule has 0 radical (unpaired) electrons. The second kappa shape index (κ2) is 8.19. The van der Waals surface area contributed by atoms with Crippen molar-refractivity contribution in [2.45, 2.75) is 38.8 Å². The number of hydrogen-bond acceptors (Lipinski definition) is 4. The van der Waals surface area contributed by atoms with Crippen LogP contribution in [0.25, 0.3) is 0 Å². The van der Waals surface area contributed by atoms with Gasteiger partial charge in [-0.05, 0) is 32.0 Å². The molecular formula is C20H32N4O. The SMILES string of the molecule is CC(C)NC1CCN(C(=O)c2ccccc2N2CCN(C)CC2)CC1. The Morgan fingerprint density at radius 3 is 2.32 bits per heavy atom. The molecule has 2 aliphatic heterocycles. The highest BCUT2D eigenvalue weighted by molar-refractivity contribution is 5.99. The number of carbonyl (C=O) groups excluding carboxylic acids is 1. The van der Waals surface area contributed by atoms with Crippen LogP contribution in [0.3, 0.4) is 0 Å². The van der Waals surface area contributed by atoms with Gasteiger partial charge < -0.3 is 20.0 Å². The van der Waals surface area contributed by atoms with Crippen LogP contribution in [0.15, 0.2) is 24.3 Å². The Morgan fingerprint density at radius 2 is 1.68 bits per heavy atom. The zero-order valence-electron chi connectivity index (χ0n) is 15.9. The van der Waals surface area contributed by atoms with Crippen molar-refractivity contribution in [1.82, 2.24) is 15.1 Å². The maximum atomic E-state index is 13.1. The third-order valence-electron chi connectivity index (χ3n) is 5.33. The number of rotatable bonds is 4. The van der Waals surface area contributed by atoms with E-state index in [1.54, 1.807) is 0 Å². The van der Waals surface area contributed by atoms with Gasteiger partial charge in [0.05, 0.1) is 5.56 Å². The van der Waals surface area contributed by atoms with Crippen molar-refractivity contribution in [2.24, 2.45) is 0 Å². The van der Waals surface area contributed by atoms with Gasteiger partial charge in [0.2, 0.25) is 0 Å². The van der Waals surface area contributed by atoms with Crippen LogP contribution >= 0.6 is 0 Å². The lowest BCUT2D eigenvalue weighted by Crippen LogP contribution is -2.47. The van der Waals surface area contributed by atoms with Crippen LogP contribution in [0.5, 0.6) is 0 Å². The summed E-state index contributed by atoms with van der Waals surface area (Å²) in [5.74, 6) is 0.192. The molecule has 1 N–H and O–H groups in total. The van der Waals surface area contributed by atoms with E-state index in [9.17, 15) is 4.79 Å². The number of likely N-dealkylation sites (tertiary alicyclic amines) is 1. The average molecular weight is 345 g/mol. The van der Waals surface area contributed by atoms with Crippen molar-refractivity contribution in [2.75, 3.05) is 51.2 Å². The second-order valence-electron chi connectivity index (χ2n) is 7.70. The first-order valence-corrected chi connectivity index (χ1v) is 9.62. The number of hydrogen-bond donors (Lipinski definition) is 1. The molecule has 5 nitrogen and oxygen atoms in total. The van der Waals surface area contributed by atoms with E-state index in [2.05, 4.69) is 42.1 Å². The molecule has 0 spiro atoms. The van der Waals surface area contributed by atoms with Gasteiger partial charge in [0.1, 0.15) is 0 Å². The van der Waals surface area contributed by atoms with Gasteiger partial charge in [-0.1, -0.05) is 26.0 Å². The molecule has 2 heterocycles. The lowest BCUT2D eigenvalue weighted by Gasteiger charge is -2.37. The zero-order valence-corrected chi connectivity index (χ0v) is 15.9. The fourth-order valence-electron chi connectivity index (χ4n) is 3.87. The number of piperidine rings is 1. The summed E-state index contributed by atoms with van der Waals surface area (Å²) >= 11 is 0. The van der Waals surface area contributed by atoms with E-state index in [-0.39, 0.29) is 5.91 Å². The van der Waals surface area contributed by atoms with Gasteiger partial charge in [-0.2, -0.15) is 0 Å². The Morgan fingerprint density at radius 1 is 1.04 bits per heavy atom. The van der Waals surface area contributed by atoms with Crippen molar-refractivity contribution in [3.05, 3.63) is 29.8 Å². The smallest absolute Gasteiger partial charge is 0.255 e. The fraction of sp³-hybridized carbons (Fsp3) is 0.650. The standard InChI is InChI=1S/C20H32N4O/c1-16(2)21-17-8-10-24(11-9-17)20(25)18-6-4-5-7-19(18)23-14-12-22(3)13-15-23/h4-7,16-17,21H,8-15H2,1-3H3. The molecule has 0 atom stereocenters. The van der Waals surface area contributed by atoms with E-state index in [1.807, 2.05) is 23.1 Å². The minimum atomic E-state index is 0.192. The van der Waals surface area contributed by atoms with Gasteiger partial charge in [0.15, 0.2) is 0 Å². The first kappa shape index (κ1) is 18.2. The molecule has 0 bridgehead atoms. The van der Waals surface area contributed by atoms with E-state index >= 15 is 0 Å². The van der Waals surface area contributed by atoms with Crippen LogP contribution in [-0.4, -0.2) is 74.1 Å². The molecule has 0 aromatic heterocycles. The molecule has 2 aliphatic rings. The monoisotopic (exact) mass is 344 g/mol. The van der Waals surface area contributed by atoms with Gasteiger partial charge in [0.25, 0.3) is 5.91 Å². The van der Waals surface area contributed by atoms with Crippen molar-refractivity contribution >= 4 is 11.6 Å². The Labute approximate surface area is 152 Å². The van der Waals surface area contributed by atoms with Crippen molar-refractivity contribution in [1.29, 1.82) is 0 Å². The van der Waals surface area contributed by atoms with Gasteiger partial charge >= 0.3 is 0 Å². The molecule has 0 aliphatic carbocycles. The minimum absolute atomic E-state index is 0.192. The highest BCUT2D eigenvalue weighted by Crippen LogP contribution is 2.24. The number of carbonyl (C=O) groups is 1. The number of para-hydroxylation sites is 1. The van der Waals surface area contributed by atoms with Gasteiger partial charge in [0, 0.05) is 57.0 Å². The fourth-order valence-corrected chi connectivity index (χ4v) is 3.87. The normalized spacial score (nSPS) is 20.3. The lowest BCUT2D eigenvalue weighted by atomic mass is 10.0. The summed E-state index contributed by atoms with van der Waals surface area (Å²) in [4.78, 5) is 19.9. The first-order valence-electron chi connectivity index (χ1n) is 9.62. The molecule has 25 heavy (non-hydrogen) atoms. The molecule has 0 unspecified atom stereocenters. The Bertz CT molecular complexity index is 573. The van der Waals surface area contributed by atoms with E-state index in [0.717, 1.165) is 63.4 Å². The van der Waals surface area contributed by atoms with Crippen molar-refractivity contribution in [3.8, 4) is 0 Å². The zero-order chi connectivity index (χ0) is 17.8. The van der Waals surface area contributed by atoms with Gasteiger partial charge in [-0.3, -0.25) is 4.79 Å². The summed E-state index contributed by atoms with van der Waals surface area (Å²) < 4.78 is 0. The van der Waals surface area contributed by atoms with Gasteiger partial charge in [-0.25, -0.2) is 0 Å². The van der Waals surface area contributed by atoms with E-state index in [1.165, 1.54) is 0 Å². The van der Waals surface area contributed by atoms with Crippen LogP contribution in [-0.2, 0) is 0 Å². The molecule has 1 aromatic rings. The molecule has 138 valence electrons. The summed E-state index contributed by atoms with van der Waals surface area (Å²) in [5, 5.41) is 3.60. The number of benzene rings is 1. The summed E-state index contributed by atoms with van der Waals surface area (Å²) in [7, 11) is 2.16. The van der Waals surface area contributed by atoms with Crippen LogP contribution in [0.2, 0.25) is 0 Å². The average Bonchev–Trinajstić information content (AvgIpc) is 2.62. The van der Waals surface area contributed by atoms with Crippen LogP contribution in [0, 0.1) is 0 Å². The van der Waals surface area contributed by atoms with Gasteiger partial charge in [-0.15, -0.1) is 0 Å². The van der Waals surface area contributed by atoms with Crippen LogP contribution in [0.1, 0.15) is 37.0 Å². The molecule has 2 fully saturated rings. The first-order chi connectivity index (χ1) is 12.0. The number of nitrogens with one attached hydrogen (secondary N) is 1. The maximum absolute atomic E-state index is 13.1. The van der Waals surface area contributed by atoms with E-state index in [4.69, 9.17) is 0 Å². The number of amides is 1.